The minimum absolute atomic E-state index is 0.0296. The van der Waals surface area contributed by atoms with Gasteiger partial charge in [-0.2, -0.15) is 0 Å². The van der Waals surface area contributed by atoms with Crippen molar-refractivity contribution in [1.29, 1.82) is 0 Å². The number of oxime groups is 1. The smallest absolute Gasteiger partial charge is 0.220 e. The van der Waals surface area contributed by atoms with Gasteiger partial charge in [0.15, 0.2) is 0 Å². The number of benzene rings is 1. The fourth-order valence-electron chi connectivity index (χ4n) is 5.42. The summed E-state index contributed by atoms with van der Waals surface area (Å²) >= 11 is 0. The Labute approximate surface area is 219 Å². The van der Waals surface area contributed by atoms with E-state index in [9.17, 15) is 4.39 Å². The van der Waals surface area contributed by atoms with Gasteiger partial charge in [0.2, 0.25) is 5.95 Å². The zero-order valence-corrected chi connectivity index (χ0v) is 22.2. The van der Waals surface area contributed by atoms with Crippen molar-refractivity contribution < 1.29 is 9.23 Å². The Balaban J connectivity index is 1.63. The highest BCUT2D eigenvalue weighted by atomic mass is 19.1. The Morgan fingerprint density at radius 2 is 2.05 bits per heavy atom. The number of likely N-dealkylation sites (tertiary alicyclic amines) is 1. The van der Waals surface area contributed by atoms with E-state index in [2.05, 4.69) is 33.7 Å². The van der Waals surface area contributed by atoms with Crippen LogP contribution in [-0.2, 0) is 11.3 Å². The van der Waals surface area contributed by atoms with Gasteiger partial charge in [-0.25, -0.2) is 14.4 Å². The molecule has 1 aromatic heterocycles. The maximum atomic E-state index is 14.4. The third-order valence-electron chi connectivity index (χ3n) is 7.43. The van der Waals surface area contributed by atoms with Gasteiger partial charge in [0, 0.05) is 12.0 Å². The minimum atomic E-state index is -0.281. The van der Waals surface area contributed by atoms with Crippen LogP contribution in [0.1, 0.15) is 66.6 Å². The maximum Gasteiger partial charge on any atom is 0.220 e. The van der Waals surface area contributed by atoms with Gasteiger partial charge in [-0.1, -0.05) is 42.1 Å². The van der Waals surface area contributed by atoms with Crippen LogP contribution in [0.5, 0.6) is 0 Å². The topological polar surface area (TPSA) is 76.6 Å². The van der Waals surface area contributed by atoms with E-state index in [1.165, 1.54) is 18.9 Å². The van der Waals surface area contributed by atoms with E-state index in [-0.39, 0.29) is 17.7 Å². The number of piperidine rings is 1. The second-order valence-corrected chi connectivity index (χ2v) is 10.1. The van der Waals surface area contributed by atoms with E-state index in [1.807, 2.05) is 38.1 Å². The summed E-state index contributed by atoms with van der Waals surface area (Å²) in [6, 6.07) is 4.96. The quantitative estimate of drug-likeness (QED) is 0.278. The maximum absolute atomic E-state index is 14.4. The van der Waals surface area contributed by atoms with Crippen LogP contribution in [0.2, 0.25) is 0 Å². The molecule has 2 aromatic rings. The van der Waals surface area contributed by atoms with E-state index < -0.39 is 0 Å². The highest BCUT2D eigenvalue weighted by molar-refractivity contribution is 6.03. The molecule has 1 aliphatic heterocycles. The summed E-state index contributed by atoms with van der Waals surface area (Å²) in [5.74, 6) is 0.674. The molecule has 6 nitrogen and oxygen atoms in total. The molecule has 2 N–H and O–H groups in total. The number of nitrogens with zero attached hydrogens (tertiary/aromatic N) is 4. The first-order valence-electron chi connectivity index (χ1n) is 13.2. The molecule has 0 spiro atoms. The number of halogens is 1. The summed E-state index contributed by atoms with van der Waals surface area (Å²) in [5.41, 5.74) is 12.1. The number of nitrogen functional groups attached to an aromatic ring is 1. The molecule has 1 atom stereocenters. The van der Waals surface area contributed by atoms with Gasteiger partial charge in [0.1, 0.15) is 12.4 Å². The van der Waals surface area contributed by atoms with Crippen molar-refractivity contribution in [1.82, 2.24) is 14.9 Å². The van der Waals surface area contributed by atoms with Crippen LogP contribution in [0, 0.1) is 18.7 Å². The number of fused-ring (bicyclic) bond motifs is 1. The van der Waals surface area contributed by atoms with Crippen molar-refractivity contribution >= 4 is 17.2 Å². The molecule has 7 heteroatoms. The van der Waals surface area contributed by atoms with E-state index in [0.29, 0.717) is 25.4 Å². The largest absolute Gasteiger partial charge is 0.396 e. The number of allylic oxidation sites excluding steroid dienone is 5. The van der Waals surface area contributed by atoms with Crippen molar-refractivity contribution in [3.63, 3.8) is 0 Å². The molecule has 1 aliphatic carbocycles. The van der Waals surface area contributed by atoms with Gasteiger partial charge < -0.3 is 15.5 Å². The zero-order valence-electron chi connectivity index (χ0n) is 22.2. The fraction of sp³-hybridized carbons (Fsp3) is 0.433. The number of aryl methyl sites for hydroxylation is 1. The third kappa shape index (κ3) is 6.52. The second kappa shape index (κ2) is 12.3. The molecule has 0 radical (unpaired) electrons. The number of hydrogen-bond acceptors (Lipinski definition) is 6. The Morgan fingerprint density at radius 1 is 1.27 bits per heavy atom. The molecular weight excluding hydrogens is 465 g/mol. The molecule has 1 saturated heterocycles. The van der Waals surface area contributed by atoms with Crippen molar-refractivity contribution in [2.75, 3.05) is 32.5 Å². The molecule has 196 valence electrons. The molecule has 1 aromatic carbocycles. The Hall–Kier alpha value is -3.32. The minimum Gasteiger partial charge on any atom is -0.396 e. The number of aromatic nitrogens is 2. The zero-order chi connectivity index (χ0) is 26.4. The van der Waals surface area contributed by atoms with Gasteiger partial charge >= 0.3 is 0 Å². The Morgan fingerprint density at radius 3 is 2.78 bits per heavy atom. The lowest BCUT2D eigenvalue weighted by Crippen LogP contribution is -2.30. The van der Waals surface area contributed by atoms with Gasteiger partial charge in [-0.3, -0.25) is 0 Å². The molecule has 37 heavy (non-hydrogen) atoms. The van der Waals surface area contributed by atoms with Crippen LogP contribution in [0.4, 0.5) is 10.3 Å². The van der Waals surface area contributed by atoms with Crippen LogP contribution in [-0.4, -0.2) is 47.3 Å². The lowest BCUT2D eigenvalue weighted by atomic mass is 9.78. The monoisotopic (exact) mass is 503 g/mol. The van der Waals surface area contributed by atoms with Crippen molar-refractivity contribution in [2.24, 2.45) is 11.1 Å². The number of rotatable bonds is 8. The number of anilines is 1. The first-order chi connectivity index (χ1) is 17.9. The number of nitrogens with two attached hydrogens (primary N) is 1. The predicted molar refractivity (Wildman–Crippen MR) is 149 cm³/mol. The van der Waals surface area contributed by atoms with E-state index in [4.69, 9.17) is 10.6 Å². The molecule has 0 bridgehead atoms. The molecule has 2 aliphatic rings. The summed E-state index contributed by atoms with van der Waals surface area (Å²) in [7, 11) is 2.17. The standard InChI is InChI=1S/C30H38FN5O/c1-5-7-8-22(6-2)26-19-24(31)9-10-25(26)23-17-27-29(20(3)33-30(32)34-27)28(18-23)35-37-16-13-21-11-14-36(4)15-12-21/h5-10,19,21,23H,2,11-18H2,1,3-4H3,(H2,32,33,34)/b7-5-,22-8+,35-28+. The molecular formula is C30H38FN5O. The van der Waals surface area contributed by atoms with Crippen LogP contribution in [0.15, 0.2) is 54.2 Å². The summed E-state index contributed by atoms with van der Waals surface area (Å²) in [5, 5.41) is 4.62. The SMILES string of the molecule is C=C/C(=C\C=C/C)c1cc(F)ccc1C1C/C(=N\OCCC2CCN(C)CC2)c2c(C)nc(N)nc2C1. The predicted octanol–water partition coefficient (Wildman–Crippen LogP) is 5.83. The van der Waals surface area contributed by atoms with Gasteiger partial charge in [-0.05, 0) is 100 Å². The molecule has 4 rings (SSSR count). The van der Waals surface area contributed by atoms with Crippen molar-refractivity contribution in [3.05, 3.63) is 83.0 Å². The van der Waals surface area contributed by atoms with E-state index in [1.54, 1.807) is 12.1 Å². The van der Waals surface area contributed by atoms with Crippen LogP contribution in [0.25, 0.3) is 5.57 Å². The molecule has 1 unspecified atom stereocenters. The van der Waals surface area contributed by atoms with Gasteiger partial charge in [0.05, 0.1) is 17.1 Å². The highest BCUT2D eigenvalue weighted by Gasteiger charge is 2.31. The third-order valence-corrected chi connectivity index (χ3v) is 7.43. The van der Waals surface area contributed by atoms with Crippen LogP contribution < -0.4 is 5.73 Å². The second-order valence-electron chi connectivity index (χ2n) is 10.1. The Kier molecular flexibility index (Phi) is 8.87. The van der Waals surface area contributed by atoms with E-state index in [0.717, 1.165) is 58.9 Å². The summed E-state index contributed by atoms with van der Waals surface area (Å²) in [6.45, 7) is 10.7. The Bertz CT molecular complexity index is 1210. The number of hydrogen-bond donors (Lipinski definition) is 1. The summed E-state index contributed by atoms with van der Waals surface area (Å²) in [4.78, 5) is 17.2. The first-order valence-corrected chi connectivity index (χ1v) is 13.2. The summed E-state index contributed by atoms with van der Waals surface area (Å²) < 4.78 is 14.4. The lowest BCUT2D eigenvalue weighted by molar-refractivity contribution is 0.112. The molecule has 0 amide bonds. The van der Waals surface area contributed by atoms with Crippen LogP contribution >= 0.6 is 0 Å². The lowest BCUT2D eigenvalue weighted by Gasteiger charge is -2.29. The van der Waals surface area contributed by atoms with Crippen LogP contribution in [0.3, 0.4) is 0 Å². The van der Waals surface area contributed by atoms with Gasteiger partial charge in [-0.15, -0.1) is 0 Å². The average Bonchev–Trinajstić information content (AvgIpc) is 2.87. The van der Waals surface area contributed by atoms with Gasteiger partial charge in [0.25, 0.3) is 0 Å². The molecule has 2 heterocycles. The highest BCUT2D eigenvalue weighted by Crippen LogP contribution is 2.37. The van der Waals surface area contributed by atoms with Crippen molar-refractivity contribution in [2.45, 2.75) is 51.9 Å². The van der Waals surface area contributed by atoms with E-state index >= 15 is 0 Å². The molecule has 1 fully saturated rings. The average molecular weight is 504 g/mol. The first kappa shape index (κ1) is 26.7. The fourth-order valence-corrected chi connectivity index (χ4v) is 5.42. The normalized spacial score (nSPS) is 20.4. The summed E-state index contributed by atoms with van der Waals surface area (Å²) in [6.07, 6.45) is 12.3. The van der Waals surface area contributed by atoms with Crippen molar-refractivity contribution in [3.8, 4) is 0 Å². The molecule has 0 saturated carbocycles.